The molecule has 0 aromatic heterocycles. The normalized spacial score (nSPS) is 14.3. The molecule has 3 N–H and O–H groups in total. The van der Waals surface area contributed by atoms with Gasteiger partial charge in [0.2, 0.25) is 0 Å². The van der Waals surface area contributed by atoms with Crippen molar-refractivity contribution in [3.05, 3.63) is 28.8 Å². The molecule has 2 unspecified atom stereocenters. The van der Waals surface area contributed by atoms with E-state index in [1.54, 1.807) is 6.92 Å². The molecule has 0 heterocycles. The molecule has 0 aliphatic rings. The summed E-state index contributed by atoms with van der Waals surface area (Å²) in [5.41, 5.74) is -1.01. The first kappa shape index (κ1) is 18.6. The van der Waals surface area contributed by atoms with Crippen molar-refractivity contribution in [2.24, 2.45) is 5.92 Å². The summed E-state index contributed by atoms with van der Waals surface area (Å²) in [6, 6.07) is 2.53. The third kappa shape index (κ3) is 6.11. The van der Waals surface area contributed by atoms with Gasteiger partial charge in [0.1, 0.15) is 0 Å². The summed E-state index contributed by atoms with van der Waals surface area (Å²) in [6.45, 7) is 3.79. The van der Waals surface area contributed by atoms with Crippen LogP contribution >= 0.6 is 11.6 Å². The van der Waals surface area contributed by atoms with Crippen molar-refractivity contribution in [2.45, 2.75) is 32.5 Å². The van der Waals surface area contributed by atoms with Gasteiger partial charge in [0.05, 0.1) is 16.7 Å². The van der Waals surface area contributed by atoms with Crippen LogP contribution in [0.1, 0.15) is 25.8 Å². The van der Waals surface area contributed by atoms with Gasteiger partial charge in [-0.15, -0.1) is 0 Å². The number of amides is 2. The molecule has 0 saturated carbocycles. The molecule has 0 fully saturated rings. The molecule has 0 spiro atoms. The maximum atomic E-state index is 12.7. The Hall–Kier alpha value is -1.47. The first-order valence-corrected chi connectivity index (χ1v) is 7.07. The van der Waals surface area contributed by atoms with Gasteiger partial charge in [0.15, 0.2) is 0 Å². The number of benzene rings is 1. The molecule has 1 aromatic rings. The van der Waals surface area contributed by atoms with Crippen LogP contribution in [-0.4, -0.2) is 23.8 Å². The predicted molar refractivity (Wildman–Crippen MR) is 78.9 cm³/mol. The van der Waals surface area contributed by atoms with E-state index in [1.165, 1.54) is 6.07 Å². The summed E-state index contributed by atoms with van der Waals surface area (Å²) in [5, 5.41) is 13.6. The number of rotatable bonds is 5. The molecule has 0 radical (unpaired) electrons. The van der Waals surface area contributed by atoms with Crippen LogP contribution in [0.2, 0.25) is 5.02 Å². The largest absolute Gasteiger partial charge is 0.417 e. The molecule has 4 nitrogen and oxygen atoms in total. The molecule has 0 aliphatic carbocycles. The minimum atomic E-state index is -4.59. The van der Waals surface area contributed by atoms with Gasteiger partial charge >= 0.3 is 12.2 Å². The van der Waals surface area contributed by atoms with E-state index in [-0.39, 0.29) is 11.6 Å². The number of nitrogens with one attached hydrogen (secondary N) is 2. The minimum absolute atomic E-state index is 0.00240. The Bertz CT molecular complexity index is 521. The summed E-state index contributed by atoms with van der Waals surface area (Å²) in [7, 11) is 0. The van der Waals surface area contributed by atoms with Crippen molar-refractivity contribution < 1.29 is 23.1 Å². The fourth-order valence-electron chi connectivity index (χ4n) is 1.93. The minimum Gasteiger partial charge on any atom is -0.393 e. The Morgan fingerprint density at radius 3 is 2.55 bits per heavy atom. The number of urea groups is 1. The Labute approximate surface area is 131 Å². The van der Waals surface area contributed by atoms with Gasteiger partial charge in [-0.3, -0.25) is 0 Å². The predicted octanol–water partition coefficient (Wildman–Crippen LogP) is 3.89. The highest BCUT2D eigenvalue weighted by atomic mass is 35.5. The van der Waals surface area contributed by atoms with Crippen molar-refractivity contribution in [2.75, 3.05) is 11.9 Å². The van der Waals surface area contributed by atoms with Crippen LogP contribution in [0.4, 0.5) is 23.7 Å². The maximum Gasteiger partial charge on any atom is 0.417 e. The zero-order valence-corrected chi connectivity index (χ0v) is 12.9. The lowest BCUT2D eigenvalue weighted by Crippen LogP contribution is -2.33. The summed E-state index contributed by atoms with van der Waals surface area (Å²) < 4.78 is 38.1. The molecular weight excluding hydrogens is 321 g/mol. The molecule has 124 valence electrons. The first-order valence-electron chi connectivity index (χ1n) is 6.69. The summed E-state index contributed by atoms with van der Waals surface area (Å²) in [5.74, 6) is 0.0432. The monoisotopic (exact) mass is 338 g/mol. The van der Waals surface area contributed by atoms with Crippen LogP contribution in [0.15, 0.2) is 18.2 Å². The van der Waals surface area contributed by atoms with Crippen LogP contribution in [0.25, 0.3) is 0 Å². The number of carbonyl (C=O) groups is 1. The van der Waals surface area contributed by atoms with Gasteiger partial charge in [-0.2, -0.15) is 13.2 Å². The number of halogens is 4. The summed E-state index contributed by atoms with van der Waals surface area (Å²) >= 11 is 5.50. The number of alkyl halides is 3. The van der Waals surface area contributed by atoms with E-state index < -0.39 is 28.9 Å². The number of hydrogen-bond donors (Lipinski definition) is 3. The lowest BCUT2D eigenvalue weighted by Gasteiger charge is -2.15. The van der Waals surface area contributed by atoms with Crippen molar-refractivity contribution in [3.8, 4) is 0 Å². The van der Waals surface area contributed by atoms with E-state index in [9.17, 15) is 23.1 Å². The molecule has 8 heteroatoms. The second-order valence-corrected chi connectivity index (χ2v) is 5.62. The Kier molecular flexibility index (Phi) is 6.49. The number of anilines is 1. The highest BCUT2D eigenvalue weighted by Gasteiger charge is 2.33. The van der Waals surface area contributed by atoms with Gasteiger partial charge in [-0.1, -0.05) is 18.5 Å². The number of aliphatic hydroxyl groups excluding tert-OH is 1. The van der Waals surface area contributed by atoms with E-state index in [0.717, 1.165) is 12.1 Å². The average molecular weight is 339 g/mol. The summed E-state index contributed by atoms with van der Waals surface area (Å²) in [4.78, 5) is 11.6. The molecule has 2 amide bonds. The van der Waals surface area contributed by atoms with Gasteiger partial charge in [0, 0.05) is 12.2 Å². The number of carbonyl (C=O) groups excluding carboxylic acids is 1. The molecule has 0 saturated heterocycles. The maximum absolute atomic E-state index is 12.7. The van der Waals surface area contributed by atoms with Crippen molar-refractivity contribution in [3.63, 3.8) is 0 Å². The third-order valence-electron chi connectivity index (χ3n) is 2.88. The highest BCUT2D eigenvalue weighted by Crippen LogP contribution is 2.36. The van der Waals surface area contributed by atoms with Crippen molar-refractivity contribution in [1.29, 1.82) is 0 Å². The lowest BCUT2D eigenvalue weighted by molar-refractivity contribution is -0.137. The van der Waals surface area contributed by atoms with Gasteiger partial charge in [-0.05, 0) is 37.5 Å². The van der Waals surface area contributed by atoms with E-state index in [1.807, 2.05) is 6.92 Å². The average Bonchev–Trinajstić information content (AvgIpc) is 2.36. The van der Waals surface area contributed by atoms with Gasteiger partial charge in [-0.25, -0.2) is 4.79 Å². The first-order chi connectivity index (χ1) is 10.1. The second-order valence-electron chi connectivity index (χ2n) is 5.22. The Morgan fingerprint density at radius 1 is 1.36 bits per heavy atom. The van der Waals surface area contributed by atoms with E-state index in [2.05, 4.69) is 10.6 Å². The molecular formula is C14H18ClF3N2O2. The van der Waals surface area contributed by atoms with Crippen molar-refractivity contribution in [1.82, 2.24) is 5.32 Å². The Balaban J connectivity index is 2.62. The summed E-state index contributed by atoms with van der Waals surface area (Å²) in [6.07, 6.45) is -4.55. The number of hydrogen-bond acceptors (Lipinski definition) is 2. The quantitative estimate of drug-likeness (QED) is 0.762. The molecule has 2 atom stereocenters. The molecule has 0 bridgehead atoms. The number of aliphatic hydroxyl groups is 1. The van der Waals surface area contributed by atoms with Gasteiger partial charge < -0.3 is 15.7 Å². The zero-order valence-electron chi connectivity index (χ0n) is 12.2. The SMILES string of the molecule is CC(O)CC(C)CNC(=O)Nc1ccc(Cl)c(C(F)(F)F)c1. The fourth-order valence-corrected chi connectivity index (χ4v) is 2.15. The van der Waals surface area contributed by atoms with Crippen LogP contribution in [0, 0.1) is 5.92 Å². The smallest absolute Gasteiger partial charge is 0.393 e. The zero-order chi connectivity index (χ0) is 16.9. The van der Waals surface area contributed by atoms with Gasteiger partial charge in [0.25, 0.3) is 0 Å². The van der Waals surface area contributed by atoms with Crippen LogP contribution < -0.4 is 10.6 Å². The lowest BCUT2D eigenvalue weighted by atomic mass is 10.1. The van der Waals surface area contributed by atoms with Crippen LogP contribution in [0.5, 0.6) is 0 Å². The topological polar surface area (TPSA) is 61.4 Å². The highest BCUT2D eigenvalue weighted by molar-refractivity contribution is 6.31. The van der Waals surface area contributed by atoms with E-state index in [0.29, 0.717) is 13.0 Å². The van der Waals surface area contributed by atoms with E-state index >= 15 is 0 Å². The molecule has 22 heavy (non-hydrogen) atoms. The third-order valence-corrected chi connectivity index (χ3v) is 3.21. The fraction of sp³-hybridized carbons (Fsp3) is 0.500. The molecule has 1 rings (SSSR count). The second kappa shape index (κ2) is 7.69. The Morgan fingerprint density at radius 2 is 2.00 bits per heavy atom. The van der Waals surface area contributed by atoms with E-state index in [4.69, 9.17) is 11.6 Å². The molecule has 1 aromatic carbocycles. The standard InChI is InChI=1S/C14H18ClF3N2O2/c1-8(5-9(2)21)7-19-13(22)20-10-3-4-12(15)11(6-10)14(16,17)18/h3-4,6,8-9,21H,5,7H2,1-2H3,(H2,19,20,22). The molecule has 0 aliphatic heterocycles. The van der Waals surface area contributed by atoms with Crippen LogP contribution in [-0.2, 0) is 6.18 Å². The van der Waals surface area contributed by atoms with Crippen molar-refractivity contribution >= 4 is 23.3 Å². The van der Waals surface area contributed by atoms with Crippen LogP contribution in [0.3, 0.4) is 0 Å².